The molecule has 26 heavy (non-hydrogen) atoms. The minimum absolute atomic E-state index is 0.223. The predicted molar refractivity (Wildman–Crippen MR) is 98.1 cm³/mol. The van der Waals surface area contributed by atoms with Crippen LogP contribution < -0.4 is 0 Å². The van der Waals surface area contributed by atoms with E-state index in [1.165, 1.54) is 0 Å². The fourth-order valence-corrected chi connectivity index (χ4v) is 5.29. The second kappa shape index (κ2) is 7.85. The third-order valence-electron chi connectivity index (χ3n) is 4.77. The van der Waals surface area contributed by atoms with E-state index in [1.807, 2.05) is 32.2 Å². The maximum absolute atomic E-state index is 13.1. The Morgan fingerprint density at radius 2 is 2.12 bits per heavy atom. The fourth-order valence-electron chi connectivity index (χ4n) is 3.42. The first-order valence-electron chi connectivity index (χ1n) is 8.85. The van der Waals surface area contributed by atoms with E-state index in [0.29, 0.717) is 31.1 Å². The van der Waals surface area contributed by atoms with Crippen LogP contribution in [0.2, 0.25) is 0 Å². The van der Waals surface area contributed by atoms with E-state index in [9.17, 15) is 8.42 Å². The number of ether oxygens (including phenoxy) is 1. The number of aromatic nitrogens is 3. The molecule has 1 atom stereocenters. The molecule has 7 nitrogen and oxygen atoms in total. The van der Waals surface area contributed by atoms with E-state index in [0.717, 1.165) is 29.7 Å². The SMILES string of the molecule is COCc1cn(CC2CCCN(S(=O)(=O)c3cc(C)ccc3C)C2)nn1. The van der Waals surface area contributed by atoms with Gasteiger partial charge >= 0.3 is 0 Å². The number of benzene rings is 1. The molecule has 1 aliphatic rings. The van der Waals surface area contributed by atoms with Crippen LogP contribution in [-0.2, 0) is 27.9 Å². The summed E-state index contributed by atoms with van der Waals surface area (Å²) in [5, 5.41) is 8.18. The number of nitrogens with zero attached hydrogens (tertiary/aromatic N) is 4. The van der Waals surface area contributed by atoms with Crippen LogP contribution in [0.1, 0.15) is 29.7 Å². The lowest BCUT2D eigenvalue weighted by Gasteiger charge is -2.32. The number of aryl methyl sites for hydroxylation is 2. The van der Waals surface area contributed by atoms with Crippen molar-refractivity contribution in [3.8, 4) is 0 Å². The highest BCUT2D eigenvalue weighted by Crippen LogP contribution is 2.27. The summed E-state index contributed by atoms with van der Waals surface area (Å²) < 4.78 is 34.7. The summed E-state index contributed by atoms with van der Waals surface area (Å²) in [5.74, 6) is 0.223. The third kappa shape index (κ3) is 4.13. The lowest BCUT2D eigenvalue weighted by Crippen LogP contribution is -2.41. The zero-order valence-electron chi connectivity index (χ0n) is 15.6. The second-order valence-electron chi connectivity index (χ2n) is 7.01. The highest BCUT2D eigenvalue weighted by Gasteiger charge is 2.31. The molecule has 0 bridgehead atoms. The molecule has 0 radical (unpaired) electrons. The Morgan fingerprint density at radius 1 is 1.31 bits per heavy atom. The molecule has 142 valence electrons. The first-order chi connectivity index (χ1) is 12.4. The van der Waals surface area contributed by atoms with Crippen LogP contribution in [0.3, 0.4) is 0 Å². The Kier molecular flexibility index (Phi) is 5.74. The van der Waals surface area contributed by atoms with Crippen LogP contribution in [0.4, 0.5) is 0 Å². The molecule has 0 saturated carbocycles. The number of sulfonamides is 1. The molecule has 0 aliphatic carbocycles. The van der Waals surface area contributed by atoms with Crippen LogP contribution in [0.25, 0.3) is 0 Å². The Bertz CT molecular complexity index is 863. The molecule has 1 aromatic heterocycles. The van der Waals surface area contributed by atoms with E-state index < -0.39 is 10.0 Å². The van der Waals surface area contributed by atoms with Gasteiger partial charge < -0.3 is 4.74 Å². The first-order valence-corrected chi connectivity index (χ1v) is 10.3. The lowest BCUT2D eigenvalue weighted by molar-refractivity contribution is 0.181. The molecule has 0 N–H and O–H groups in total. The topological polar surface area (TPSA) is 77.3 Å². The quantitative estimate of drug-likeness (QED) is 0.770. The summed E-state index contributed by atoms with van der Waals surface area (Å²) in [6.07, 6.45) is 3.70. The summed E-state index contributed by atoms with van der Waals surface area (Å²) in [6.45, 7) is 5.93. The molecule has 0 amide bonds. The number of methoxy groups -OCH3 is 1. The van der Waals surface area contributed by atoms with Crippen molar-refractivity contribution in [1.29, 1.82) is 0 Å². The Morgan fingerprint density at radius 3 is 2.88 bits per heavy atom. The summed E-state index contributed by atoms with van der Waals surface area (Å²) in [7, 11) is -1.85. The van der Waals surface area contributed by atoms with E-state index in [-0.39, 0.29) is 5.92 Å². The zero-order valence-corrected chi connectivity index (χ0v) is 16.4. The van der Waals surface area contributed by atoms with Crippen molar-refractivity contribution in [1.82, 2.24) is 19.3 Å². The van der Waals surface area contributed by atoms with Gasteiger partial charge in [0, 0.05) is 26.7 Å². The van der Waals surface area contributed by atoms with Gasteiger partial charge in [-0.25, -0.2) is 8.42 Å². The van der Waals surface area contributed by atoms with Gasteiger partial charge in [-0.1, -0.05) is 17.3 Å². The Balaban J connectivity index is 1.73. The summed E-state index contributed by atoms with van der Waals surface area (Å²) in [6, 6.07) is 5.58. The van der Waals surface area contributed by atoms with Crippen molar-refractivity contribution in [2.24, 2.45) is 5.92 Å². The number of hydrogen-bond donors (Lipinski definition) is 0. The van der Waals surface area contributed by atoms with Crippen LogP contribution >= 0.6 is 0 Å². The molecule has 3 rings (SSSR count). The van der Waals surface area contributed by atoms with Crippen molar-refractivity contribution in [3.63, 3.8) is 0 Å². The molecule has 0 spiro atoms. The normalized spacial score (nSPS) is 19.0. The van der Waals surface area contributed by atoms with Gasteiger partial charge in [-0.05, 0) is 49.8 Å². The van der Waals surface area contributed by atoms with Gasteiger partial charge in [0.1, 0.15) is 5.69 Å². The maximum atomic E-state index is 13.1. The van der Waals surface area contributed by atoms with Crippen molar-refractivity contribution in [3.05, 3.63) is 41.2 Å². The predicted octanol–water partition coefficient (Wildman–Crippen LogP) is 2.14. The molecule has 1 aliphatic heterocycles. The average Bonchev–Trinajstić information content (AvgIpc) is 3.04. The van der Waals surface area contributed by atoms with Crippen LogP contribution in [-0.4, -0.2) is 47.9 Å². The maximum Gasteiger partial charge on any atom is 0.243 e. The van der Waals surface area contributed by atoms with E-state index in [1.54, 1.807) is 22.2 Å². The lowest BCUT2D eigenvalue weighted by atomic mass is 10.00. The van der Waals surface area contributed by atoms with Gasteiger partial charge in [0.15, 0.2) is 0 Å². The van der Waals surface area contributed by atoms with E-state index in [4.69, 9.17) is 4.74 Å². The average molecular weight is 378 g/mol. The molecule has 1 aromatic carbocycles. The molecular formula is C18H26N4O3S. The largest absolute Gasteiger partial charge is 0.378 e. The van der Waals surface area contributed by atoms with Crippen LogP contribution in [0.15, 0.2) is 29.3 Å². The van der Waals surface area contributed by atoms with Gasteiger partial charge in [-0.3, -0.25) is 4.68 Å². The van der Waals surface area contributed by atoms with Gasteiger partial charge in [0.05, 0.1) is 17.7 Å². The highest BCUT2D eigenvalue weighted by atomic mass is 32.2. The van der Waals surface area contributed by atoms with Crippen LogP contribution in [0.5, 0.6) is 0 Å². The molecular weight excluding hydrogens is 352 g/mol. The van der Waals surface area contributed by atoms with Crippen molar-refractivity contribution in [2.45, 2.75) is 44.7 Å². The smallest absolute Gasteiger partial charge is 0.243 e. The Labute approximate surface area is 155 Å². The fraction of sp³-hybridized carbons (Fsp3) is 0.556. The second-order valence-corrected chi connectivity index (χ2v) is 8.91. The van der Waals surface area contributed by atoms with Crippen molar-refractivity contribution in [2.75, 3.05) is 20.2 Å². The number of piperidine rings is 1. The monoisotopic (exact) mass is 378 g/mol. The Hall–Kier alpha value is -1.77. The zero-order chi connectivity index (χ0) is 18.7. The van der Waals surface area contributed by atoms with E-state index >= 15 is 0 Å². The molecule has 2 heterocycles. The van der Waals surface area contributed by atoms with Gasteiger partial charge in [-0.15, -0.1) is 5.10 Å². The van der Waals surface area contributed by atoms with Gasteiger partial charge in [0.2, 0.25) is 10.0 Å². The van der Waals surface area contributed by atoms with Crippen molar-refractivity contribution < 1.29 is 13.2 Å². The standard InChI is InChI=1S/C18H26N4O3S/c1-14-6-7-15(2)18(9-14)26(23,24)22-8-4-5-16(11-22)10-21-12-17(13-25-3)19-20-21/h6-7,9,12,16H,4-5,8,10-11,13H2,1-3H3. The molecule has 1 fully saturated rings. The molecule has 1 saturated heterocycles. The minimum atomic E-state index is -3.48. The minimum Gasteiger partial charge on any atom is -0.378 e. The highest BCUT2D eigenvalue weighted by molar-refractivity contribution is 7.89. The summed E-state index contributed by atoms with van der Waals surface area (Å²) >= 11 is 0. The van der Waals surface area contributed by atoms with Crippen LogP contribution in [0, 0.1) is 19.8 Å². The van der Waals surface area contributed by atoms with Gasteiger partial charge in [-0.2, -0.15) is 4.31 Å². The van der Waals surface area contributed by atoms with E-state index in [2.05, 4.69) is 10.3 Å². The number of hydrogen-bond acceptors (Lipinski definition) is 5. The molecule has 2 aromatic rings. The van der Waals surface area contributed by atoms with Gasteiger partial charge in [0.25, 0.3) is 0 Å². The molecule has 8 heteroatoms. The van der Waals surface area contributed by atoms with Crippen molar-refractivity contribution >= 4 is 10.0 Å². The molecule has 1 unspecified atom stereocenters. The first kappa shape index (κ1) is 19.0. The summed E-state index contributed by atoms with van der Waals surface area (Å²) in [4.78, 5) is 0.418. The third-order valence-corrected chi connectivity index (χ3v) is 6.77. The summed E-state index contributed by atoms with van der Waals surface area (Å²) in [5.41, 5.74) is 2.53. The number of rotatable bonds is 6.